The highest BCUT2D eigenvalue weighted by molar-refractivity contribution is 6.33. The van der Waals surface area contributed by atoms with Gasteiger partial charge in [-0.15, -0.1) is 0 Å². The summed E-state index contributed by atoms with van der Waals surface area (Å²) in [6.07, 6.45) is 1.69. The van der Waals surface area contributed by atoms with Crippen molar-refractivity contribution in [1.29, 1.82) is 0 Å². The van der Waals surface area contributed by atoms with Crippen molar-refractivity contribution < 1.29 is 14.7 Å². The third kappa shape index (κ3) is 2.07. The van der Waals surface area contributed by atoms with E-state index in [2.05, 4.69) is 5.32 Å². The molecule has 0 aromatic heterocycles. The summed E-state index contributed by atoms with van der Waals surface area (Å²) in [6.45, 7) is 0. The molecule has 2 N–H and O–H groups in total. The molecule has 1 heterocycles. The van der Waals surface area contributed by atoms with Crippen molar-refractivity contribution in [2.45, 2.75) is 0 Å². The Morgan fingerprint density at radius 1 is 0.850 bits per heavy atom. The van der Waals surface area contributed by atoms with Crippen LogP contribution in [0.3, 0.4) is 0 Å². The Morgan fingerprint density at radius 3 is 2.20 bits per heavy atom. The highest BCUT2D eigenvalue weighted by Gasteiger charge is 2.26. The molecule has 0 saturated heterocycles. The smallest absolute Gasteiger partial charge is 0.258 e. The molecule has 2 amide bonds. The molecule has 1 aliphatic heterocycles. The molecular weight excluding hydrogens is 254 g/mol. The SMILES string of the molecule is O=C1NC(=O)c2ccccc2C1=Cc1ccc(O)cc1. The van der Waals surface area contributed by atoms with E-state index in [-0.39, 0.29) is 11.7 Å². The summed E-state index contributed by atoms with van der Waals surface area (Å²) in [5, 5.41) is 11.6. The molecule has 0 atom stereocenters. The molecule has 0 spiro atoms. The van der Waals surface area contributed by atoms with Crippen molar-refractivity contribution in [3.8, 4) is 5.75 Å². The van der Waals surface area contributed by atoms with Crippen molar-refractivity contribution in [2.24, 2.45) is 0 Å². The molecule has 3 rings (SSSR count). The third-order valence-electron chi connectivity index (χ3n) is 3.14. The zero-order valence-electron chi connectivity index (χ0n) is 10.5. The molecule has 4 nitrogen and oxygen atoms in total. The second-order valence-electron chi connectivity index (χ2n) is 4.48. The quantitative estimate of drug-likeness (QED) is 0.613. The van der Waals surface area contributed by atoms with Crippen molar-refractivity contribution in [3.63, 3.8) is 0 Å². The number of phenols is 1. The van der Waals surface area contributed by atoms with Crippen LogP contribution in [-0.2, 0) is 4.79 Å². The maximum Gasteiger partial charge on any atom is 0.258 e. The van der Waals surface area contributed by atoms with Gasteiger partial charge in [0, 0.05) is 11.1 Å². The van der Waals surface area contributed by atoms with Gasteiger partial charge in [0.05, 0.1) is 0 Å². The van der Waals surface area contributed by atoms with E-state index < -0.39 is 5.91 Å². The molecule has 0 aliphatic carbocycles. The predicted octanol–water partition coefficient (Wildman–Crippen LogP) is 2.20. The van der Waals surface area contributed by atoms with Gasteiger partial charge in [-0.2, -0.15) is 0 Å². The summed E-state index contributed by atoms with van der Waals surface area (Å²) in [5.41, 5.74) is 2.31. The Hall–Kier alpha value is -2.88. The van der Waals surface area contributed by atoms with Crippen LogP contribution in [0.4, 0.5) is 0 Å². The summed E-state index contributed by atoms with van der Waals surface area (Å²) in [5.74, 6) is -0.633. The molecule has 1 aliphatic rings. The predicted molar refractivity (Wildman–Crippen MR) is 74.9 cm³/mol. The third-order valence-corrected chi connectivity index (χ3v) is 3.14. The van der Waals surface area contributed by atoms with E-state index >= 15 is 0 Å². The highest BCUT2D eigenvalue weighted by atomic mass is 16.3. The Morgan fingerprint density at radius 2 is 1.50 bits per heavy atom. The number of benzene rings is 2. The van der Waals surface area contributed by atoms with Crippen LogP contribution in [-0.4, -0.2) is 16.9 Å². The number of rotatable bonds is 1. The van der Waals surface area contributed by atoms with Crippen LogP contribution >= 0.6 is 0 Å². The van der Waals surface area contributed by atoms with E-state index in [0.717, 1.165) is 5.56 Å². The van der Waals surface area contributed by atoms with Crippen molar-refractivity contribution in [1.82, 2.24) is 5.32 Å². The lowest BCUT2D eigenvalue weighted by molar-refractivity contribution is -0.114. The number of amides is 2. The zero-order chi connectivity index (χ0) is 14.1. The Kier molecular flexibility index (Phi) is 2.84. The monoisotopic (exact) mass is 265 g/mol. The lowest BCUT2D eigenvalue weighted by Crippen LogP contribution is -2.36. The molecule has 0 unspecified atom stereocenters. The first-order chi connectivity index (χ1) is 9.65. The molecule has 4 heteroatoms. The second kappa shape index (κ2) is 4.66. The molecule has 0 radical (unpaired) electrons. The molecule has 0 saturated carbocycles. The van der Waals surface area contributed by atoms with Gasteiger partial charge in [0.25, 0.3) is 11.8 Å². The molecule has 2 aromatic carbocycles. The number of hydrogen-bond donors (Lipinski definition) is 2. The number of imide groups is 1. The summed E-state index contributed by atoms with van der Waals surface area (Å²) in [7, 11) is 0. The van der Waals surface area contributed by atoms with Crippen molar-refractivity contribution in [3.05, 3.63) is 65.2 Å². The van der Waals surface area contributed by atoms with Gasteiger partial charge in [-0.25, -0.2) is 0 Å². The van der Waals surface area contributed by atoms with Gasteiger partial charge >= 0.3 is 0 Å². The first-order valence-corrected chi connectivity index (χ1v) is 6.11. The molecular formula is C16H11NO3. The largest absolute Gasteiger partial charge is 0.508 e. The van der Waals surface area contributed by atoms with Gasteiger partial charge in [0.15, 0.2) is 0 Å². The van der Waals surface area contributed by atoms with E-state index in [4.69, 9.17) is 0 Å². The number of nitrogens with one attached hydrogen (secondary N) is 1. The molecule has 0 fully saturated rings. The van der Waals surface area contributed by atoms with Crippen molar-refractivity contribution >= 4 is 23.5 Å². The number of carbonyl (C=O) groups excluding carboxylic acids is 2. The highest BCUT2D eigenvalue weighted by Crippen LogP contribution is 2.26. The minimum Gasteiger partial charge on any atom is -0.508 e. The average molecular weight is 265 g/mol. The van der Waals surface area contributed by atoms with E-state index in [9.17, 15) is 14.7 Å². The second-order valence-corrected chi connectivity index (χ2v) is 4.48. The van der Waals surface area contributed by atoms with Crippen LogP contribution in [0.15, 0.2) is 48.5 Å². The molecule has 20 heavy (non-hydrogen) atoms. The molecule has 2 aromatic rings. The normalized spacial score (nSPS) is 15.9. The van der Waals surface area contributed by atoms with Crippen molar-refractivity contribution in [2.75, 3.05) is 0 Å². The lowest BCUT2D eigenvalue weighted by Gasteiger charge is -2.17. The number of fused-ring (bicyclic) bond motifs is 1. The van der Waals surface area contributed by atoms with Crippen LogP contribution < -0.4 is 5.32 Å². The fourth-order valence-electron chi connectivity index (χ4n) is 2.16. The van der Waals surface area contributed by atoms with Gasteiger partial charge in [-0.05, 0) is 35.4 Å². The van der Waals surface area contributed by atoms with Gasteiger partial charge in [0.2, 0.25) is 0 Å². The maximum atomic E-state index is 12.0. The zero-order valence-corrected chi connectivity index (χ0v) is 10.5. The topological polar surface area (TPSA) is 66.4 Å². The Bertz CT molecular complexity index is 730. The maximum absolute atomic E-state index is 12.0. The van der Waals surface area contributed by atoms with E-state index in [1.807, 2.05) is 0 Å². The minimum absolute atomic E-state index is 0.163. The molecule has 0 bridgehead atoms. The summed E-state index contributed by atoms with van der Waals surface area (Å²) in [6, 6.07) is 13.5. The first kappa shape index (κ1) is 12.2. The fourth-order valence-corrected chi connectivity index (χ4v) is 2.16. The Labute approximate surface area is 115 Å². The average Bonchev–Trinajstić information content (AvgIpc) is 2.45. The number of carbonyl (C=O) groups is 2. The van der Waals surface area contributed by atoms with Crippen LogP contribution in [0.5, 0.6) is 5.75 Å². The number of phenolic OH excluding ortho intramolecular Hbond substituents is 1. The van der Waals surface area contributed by atoms with Crippen LogP contribution in [0.25, 0.3) is 11.6 Å². The molecule has 98 valence electrons. The van der Waals surface area contributed by atoms with Gasteiger partial charge < -0.3 is 5.11 Å². The minimum atomic E-state index is -0.415. The van der Waals surface area contributed by atoms with E-state index in [0.29, 0.717) is 16.7 Å². The van der Waals surface area contributed by atoms with Crippen LogP contribution in [0.1, 0.15) is 21.5 Å². The number of aromatic hydroxyl groups is 1. The van der Waals surface area contributed by atoms with E-state index in [1.54, 1.807) is 54.6 Å². The lowest BCUT2D eigenvalue weighted by atomic mass is 9.93. The fraction of sp³-hybridized carbons (Fsp3) is 0. The standard InChI is InChI=1S/C16H11NO3/c18-11-7-5-10(6-8-11)9-14-12-3-1-2-4-13(12)15(19)17-16(14)20/h1-9,18H,(H,17,19,20). The van der Waals surface area contributed by atoms with Gasteiger partial charge in [-0.3, -0.25) is 14.9 Å². The first-order valence-electron chi connectivity index (χ1n) is 6.11. The van der Waals surface area contributed by atoms with Crippen LogP contribution in [0.2, 0.25) is 0 Å². The van der Waals surface area contributed by atoms with E-state index in [1.165, 1.54) is 0 Å². The van der Waals surface area contributed by atoms with Crippen LogP contribution in [0, 0.1) is 0 Å². The summed E-state index contributed by atoms with van der Waals surface area (Å²) < 4.78 is 0. The summed E-state index contributed by atoms with van der Waals surface area (Å²) >= 11 is 0. The number of hydrogen-bond acceptors (Lipinski definition) is 3. The van der Waals surface area contributed by atoms with Gasteiger partial charge in [-0.1, -0.05) is 30.3 Å². The summed E-state index contributed by atoms with van der Waals surface area (Å²) in [4.78, 5) is 23.7. The Balaban J connectivity index is 2.13. The van der Waals surface area contributed by atoms with Gasteiger partial charge in [0.1, 0.15) is 5.75 Å².